The van der Waals surface area contributed by atoms with Crippen LogP contribution in [0.2, 0.25) is 0 Å². The van der Waals surface area contributed by atoms with Gasteiger partial charge in [-0.2, -0.15) is 0 Å². The van der Waals surface area contributed by atoms with Crippen molar-refractivity contribution in [3.05, 3.63) is 29.8 Å². The van der Waals surface area contributed by atoms with Crippen molar-refractivity contribution in [1.82, 2.24) is 10.6 Å². The summed E-state index contributed by atoms with van der Waals surface area (Å²) in [6.07, 6.45) is 4.49. The Labute approximate surface area is 157 Å². The van der Waals surface area contributed by atoms with Crippen LogP contribution in [0.1, 0.15) is 44.6 Å². The Hall–Kier alpha value is -1.79. The summed E-state index contributed by atoms with van der Waals surface area (Å²) in [5.41, 5.74) is 1.14. The average Bonchev–Trinajstić information content (AvgIpc) is 2.67. The van der Waals surface area contributed by atoms with Crippen LogP contribution in [0.3, 0.4) is 0 Å². The third-order valence-corrected chi connectivity index (χ3v) is 4.53. The van der Waals surface area contributed by atoms with Crippen LogP contribution < -0.4 is 15.4 Å². The van der Waals surface area contributed by atoms with Gasteiger partial charge in [0, 0.05) is 25.7 Å². The smallest absolute Gasteiger partial charge is 0.191 e. The molecule has 1 saturated carbocycles. The molecule has 26 heavy (non-hydrogen) atoms. The van der Waals surface area contributed by atoms with Gasteiger partial charge >= 0.3 is 0 Å². The van der Waals surface area contributed by atoms with Gasteiger partial charge in [0.25, 0.3) is 0 Å². The lowest BCUT2D eigenvalue weighted by atomic mass is 9.93. The maximum atomic E-state index is 9.60. The van der Waals surface area contributed by atoms with Crippen LogP contribution >= 0.6 is 0 Å². The topological polar surface area (TPSA) is 75.1 Å². The van der Waals surface area contributed by atoms with Gasteiger partial charge in [0.2, 0.25) is 0 Å². The summed E-state index contributed by atoms with van der Waals surface area (Å²) in [4.78, 5) is 4.63. The van der Waals surface area contributed by atoms with E-state index in [9.17, 15) is 5.11 Å². The molecule has 0 spiro atoms. The molecule has 0 atom stereocenters. The molecule has 2 rings (SSSR count). The van der Waals surface area contributed by atoms with Crippen LogP contribution in [-0.2, 0) is 11.3 Å². The van der Waals surface area contributed by atoms with E-state index < -0.39 is 0 Å². The number of aliphatic hydroxyl groups is 1. The zero-order valence-electron chi connectivity index (χ0n) is 16.0. The average molecular weight is 364 g/mol. The largest absolute Gasteiger partial charge is 0.497 e. The summed E-state index contributed by atoms with van der Waals surface area (Å²) in [5, 5.41) is 16.4. The molecule has 0 unspecified atom stereocenters. The summed E-state index contributed by atoms with van der Waals surface area (Å²) >= 11 is 0. The van der Waals surface area contributed by atoms with Gasteiger partial charge < -0.3 is 25.2 Å². The minimum atomic E-state index is -0.129. The van der Waals surface area contributed by atoms with E-state index in [-0.39, 0.29) is 6.10 Å². The molecule has 1 aliphatic rings. The number of aliphatic imine (C=N–C) groups is 1. The predicted molar refractivity (Wildman–Crippen MR) is 105 cm³/mol. The summed E-state index contributed by atoms with van der Waals surface area (Å²) in [5.74, 6) is 1.73. The first-order valence-electron chi connectivity index (χ1n) is 9.65. The molecule has 6 heteroatoms. The molecule has 6 nitrogen and oxygen atoms in total. The molecular formula is C20H33N3O3. The molecule has 3 N–H and O–H groups in total. The van der Waals surface area contributed by atoms with Crippen molar-refractivity contribution in [1.29, 1.82) is 0 Å². The molecule has 1 aliphatic carbocycles. The second-order valence-electron chi connectivity index (χ2n) is 6.66. The van der Waals surface area contributed by atoms with E-state index in [1.807, 2.05) is 24.3 Å². The van der Waals surface area contributed by atoms with Crippen molar-refractivity contribution in [2.75, 3.05) is 26.8 Å². The van der Waals surface area contributed by atoms with Gasteiger partial charge in [0.1, 0.15) is 5.75 Å². The Morgan fingerprint density at radius 3 is 2.58 bits per heavy atom. The van der Waals surface area contributed by atoms with Crippen LogP contribution in [0.4, 0.5) is 0 Å². The number of hydrogen-bond donors (Lipinski definition) is 3. The highest BCUT2D eigenvalue weighted by Gasteiger charge is 2.19. The lowest BCUT2D eigenvalue weighted by molar-refractivity contribution is 0.119. The number of benzene rings is 1. The Bertz CT molecular complexity index is 526. The highest BCUT2D eigenvalue weighted by Crippen LogP contribution is 2.18. The lowest BCUT2D eigenvalue weighted by Crippen LogP contribution is -2.45. The monoisotopic (exact) mass is 363 g/mol. The van der Waals surface area contributed by atoms with E-state index in [1.54, 1.807) is 7.11 Å². The molecule has 1 aromatic carbocycles. The number of aliphatic hydroxyl groups excluding tert-OH is 1. The predicted octanol–water partition coefficient (Wildman–Crippen LogP) is 2.46. The molecular weight excluding hydrogens is 330 g/mol. The van der Waals surface area contributed by atoms with Crippen LogP contribution in [0.15, 0.2) is 29.3 Å². The van der Waals surface area contributed by atoms with E-state index >= 15 is 0 Å². The van der Waals surface area contributed by atoms with E-state index in [0.29, 0.717) is 19.3 Å². The standard InChI is InChI=1S/C20H33N3O3/c1-3-21-20(23-17-7-9-18(24)10-8-17)22-13-4-14-26-15-16-5-11-19(25-2)12-6-16/h5-6,11-12,17-18,24H,3-4,7-10,13-15H2,1-2H3,(H2,21,22,23). The molecule has 0 radical (unpaired) electrons. The van der Waals surface area contributed by atoms with Crippen molar-refractivity contribution in [2.45, 2.75) is 57.8 Å². The fourth-order valence-corrected chi connectivity index (χ4v) is 3.00. The van der Waals surface area contributed by atoms with Crippen LogP contribution in [0.5, 0.6) is 5.75 Å². The van der Waals surface area contributed by atoms with Gasteiger partial charge in [0.15, 0.2) is 5.96 Å². The maximum Gasteiger partial charge on any atom is 0.191 e. The molecule has 146 valence electrons. The first kappa shape index (κ1) is 20.5. The van der Waals surface area contributed by atoms with Gasteiger partial charge in [-0.1, -0.05) is 12.1 Å². The van der Waals surface area contributed by atoms with E-state index in [1.165, 1.54) is 0 Å². The number of hydrogen-bond acceptors (Lipinski definition) is 4. The third kappa shape index (κ3) is 7.62. The van der Waals surface area contributed by atoms with Crippen molar-refractivity contribution >= 4 is 5.96 Å². The highest BCUT2D eigenvalue weighted by atomic mass is 16.5. The quantitative estimate of drug-likeness (QED) is 0.357. The van der Waals surface area contributed by atoms with E-state index in [0.717, 1.165) is 62.5 Å². The summed E-state index contributed by atoms with van der Waals surface area (Å²) in [6.45, 7) is 4.93. The zero-order valence-corrected chi connectivity index (χ0v) is 16.0. The normalized spacial score (nSPS) is 20.7. The maximum absolute atomic E-state index is 9.60. The first-order chi connectivity index (χ1) is 12.7. The number of methoxy groups -OCH3 is 1. The number of rotatable bonds is 9. The summed E-state index contributed by atoms with van der Waals surface area (Å²) < 4.78 is 10.9. The van der Waals surface area contributed by atoms with Crippen molar-refractivity contribution in [3.8, 4) is 5.75 Å². The summed E-state index contributed by atoms with van der Waals surface area (Å²) in [7, 11) is 1.67. The molecule has 0 aliphatic heterocycles. The Morgan fingerprint density at radius 1 is 1.19 bits per heavy atom. The second kappa shape index (κ2) is 11.8. The number of nitrogens with one attached hydrogen (secondary N) is 2. The molecule has 0 heterocycles. The van der Waals surface area contributed by atoms with Crippen LogP contribution in [0, 0.1) is 0 Å². The Kier molecular flexibility index (Phi) is 9.28. The summed E-state index contributed by atoms with van der Waals surface area (Å²) in [6, 6.07) is 8.34. The fraction of sp³-hybridized carbons (Fsp3) is 0.650. The number of nitrogens with zero attached hydrogens (tertiary/aromatic N) is 1. The third-order valence-electron chi connectivity index (χ3n) is 4.53. The van der Waals surface area contributed by atoms with Crippen LogP contribution in [0.25, 0.3) is 0 Å². The molecule has 0 amide bonds. The zero-order chi connectivity index (χ0) is 18.6. The minimum absolute atomic E-state index is 0.129. The van der Waals surface area contributed by atoms with Crippen molar-refractivity contribution < 1.29 is 14.6 Å². The first-order valence-corrected chi connectivity index (χ1v) is 9.65. The highest BCUT2D eigenvalue weighted by molar-refractivity contribution is 5.80. The van der Waals surface area contributed by atoms with Gasteiger partial charge in [-0.05, 0) is 56.7 Å². The van der Waals surface area contributed by atoms with Gasteiger partial charge in [-0.3, -0.25) is 4.99 Å². The molecule has 0 saturated heterocycles. The number of guanidine groups is 1. The van der Waals surface area contributed by atoms with Gasteiger partial charge in [0.05, 0.1) is 19.8 Å². The van der Waals surface area contributed by atoms with Gasteiger partial charge in [-0.15, -0.1) is 0 Å². The SMILES string of the molecule is CCNC(=NCCCOCc1ccc(OC)cc1)NC1CCC(O)CC1. The second-order valence-corrected chi connectivity index (χ2v) is 6.66. The van der Waals surface area contributed by atoms with Crippen molar-refractivity contribution in [3.63, 3.8) is 0 Å². The van der Waals surface area contributed by atoms with Crippen molar-refractivity contribution in [2.24, 2.45) is 4.99 Å². The molecule has 1 aromatic rings. The Balaban J connectivity index is 1.63. The Morgan fingerprint density at radius 2 is 1.92 bits per heavy atom. The molecule has 0 aromatic heterocycles. The molecule has 0 bridgehead atoms. The van der Waals surface area contributed by atoms with E-state index in [2.05, 4.69) is 22.5 Å². The fourth-order valence-electron chi connectivity index (χ4n) is 3.00. The minimum Gasteiger partial charge on any atom is -0.497 e. The van der Waals surface area contributed by atoms with Crippen LogP contribution in [-0.4, -0.2) is 50.0 Å². The van der Waals surface area contributed by atoms with Gasteiger partial charge in [-0.25, -0.2) is 0 Å². The van der Waals surface area contributed by atoms with E-state index in [4.69, 9.17) is 9.47 Å². The number of ether oxygens (including phenoxy) is 2. The molecule has 1 fully saturated rings. The lowest BCUT2D eigenvalue weighted by Gasteiger charge is -2.27.